The van der Waals surface area contributed by atoms with Crippen LogP contribution < -0.4 is 9.47 Å². The standard InChI is InChI=1S/C30H33N3O6S/c1-21-18-33(22(2)20-34)40(36,37)29-15-12-24(9-8-23-10-13-25(38-4)14-11-23)17-27(29)39-28(21)19-32(3)30(35)26-7-5-6-16-31-26/h5-7,10-17,21-22,28,34H,18-20H2,1-4H3/t21-,22-,28-/m0/s1. The number of amides is 1. The zero-order chi connectivity index (χ0) is 28.9. The fourth-order valence-corrected chi connectivity index (χ4v) is 6.20. The summed E-state index contributed by atoms with van der Waals surface area (Å²) in [5, 5.41) is 9.86. The lowest BCUT2D eigenvalue weighted by molar-refractivity contribution is 0.0559. The van der Waals surface area contributed by atoms with Crippen molar-refractivity contribution in [3.63, 3.8) is 0 Å². The number of aliphatic hydroxyl groups is 1. The van der Waals surface area contributed by atoms with Crippen molar-refractivity contribution in [3.8, 4) is 23.3 Å². The van der Waals surface area contributed by atoms with Gasteiger partial charge in [0.2, 0.25) is 10.0 Å². The van der Waals surface area contributed by atoms with Crippen molar-refractivity contribution >= 4 is 15.9 Å². The van der Waals surface area contributed by atoms with Crippen molar-refractivity contribution in [1.82, 2.24) is 14.2 Å². The molecule has 10 heteroatoms. The molecule has 9 nitrogen and oxygen atoms in total. The fourth-order valence-electron chi connectivity index (χ4n) is 4.38. The number of methoxy groups -OCH3 is 1. The monoisotopic (exact) mass is 563 g/mol. The minimum atomic E-state index is -3.99. The van der Waals surface area contributed by atoms with E-state index in [-0.39, 0.29) is 42.2 Å². The first-order valence-corrected chi connectivity index (χ1v) is 14.3. The minimum Gasteiger partial charge on any atom is -0.497 e. The molecule has 0 saturated heterocycles. The smallest absolute Gasteiger partial charge is 0.272 e. The molecule has 0 saturated carbocycles. The molecule has 1 aromatic heterocycles. The molecule has 3 aromatic rings. The van der Waals surface area contributed by atoms with Crippen molar-refractivity contribution in [2.45, 2.75) is 30.9 Å². The third-order valence-corrected chi connectivity index (χ3v) is 8.81. The van der Waals surface area contributed by atoms with E-state index >= 15 is 0 Å². The average Bonchev–Trinajstić information content (AvgIpc) is 2.97. The van der Waals surface area contributed by atoms with Crippen LogP contribution in [0.4, 0.5) is 0 Å². The largest absolute Gasteiger partial charge is 0.497 e. The molecular weight excluding hydrogens is 530 g/mol. The van der Waals surface area contributed by atoms with Gasteiger partial charge in [0.1, 0.15) is 28.2 Å². The molecule has 1 aliphatic rings. The number of rotatable bonds is 6. The highest BCUT2D eigenvalue weighted by Crippen LogP contribution is 2.34. The van der Waals surface area contributed by atoms with Gasteiger partial charge in [-0.2, -0.15) is 4.31 Å². The predicted octanol–water partition coefficient (Wildman–Crippen LogP) is 3.03. The van der Waals surface area contributed by atoms with Crippen LogP contribution in [0.15, 0.2) is 71.8 Å². The Labute approximate surface area is 235 Å². The van der Waals surface area contributed by atoms with Gasteiger partial charge in [0, 0.05) is 42.9 Å². The number of carbonyl (C=O) groups excluding carboxylic acids is 1. The van der Waals surface area contributed by atoms with Crippen molar-refractivity contribution in [2.75, 3.05) is 33.9 Å². The maximum absolute atomic E-state index is 13.7. The van der Waals surface area contributed by atoms with Crippen LogP contribution in [0.25, 0.3) is 0 Å². The number of hydrogen-bond acceptors (Lipinski definition) is 7. The minimum absolute atomic E-state index is 0.0154. The first-order valence-electron chi connectivity index (χ1n) is 12.9. The Morgan fingerprint density at radius 1 is 1.18 bits per heavy atom. The maximum Gasteiger partial charge on any atom is 0.272 e. The Hall–Kier alpha value is -3.91. The first-order chi connectivity index (χ1) is 19.1. The number of carbonyl (C=O) groups is 1. The van der Waals surface area contributed by atoms with Gasteiger partial charge in [-0.05, 0) is 61.5 Å². The van der Waals surface area contributed by atoms with Crippen LogP contribution in [0.2, 0.25) is 0 Å². The molecule has 4 rings (SSSR count). The third-order valence-electron chi connectivity index (χ3n) is 6.79. The average molecular weight is 564 g/mol. The van der Waals surface area contributed by atoms with Crippen LogP contribution in [0.1, 0.15) is 35.5 Å². The molecule has 1 amide bonds. The maximum atomic E-state index is 13.7. The lowest BCUT2D eigenvalue weighted by Gasteiger charge is -2.37. The van der Waals surface area contributed by atoms with Crippen LogP contribution in [0.5, 0.6) is 11.5 Å². The van der Waals surface area contributed by atoms with Gasteiger partial charge in [0.25, 0.3) is 5.91 Å². The molecular formula is C30H33N3O6S. The van der Waals surface area contributed by atoms with E-state index in [2.05, 4.69) is 16.8 Å². The van der Waals surface area contributed by atoms with E-state index in [1.165, 1.54) is 15.3 Å². The molecule has 0 spiro atoms. The Morgan fingerprint density at radius 3 is 2.52 bits per heavy atom. The Kier molecular flexibility index (Phi) is 9.10. The summed E-state index contributed by atoms with van der Waals surface area (Å²) in [6, 6.07) is 16.5. The highest BCUT2D eigenvalue weighted by molar-refractivity contribution is 7.89. The lowest BCUT2D eigenvalue weighted by Crippen LogP contribution is -2.50. The van der Waals surface area contributed by atoms with Crippen LogP contribution >= 0.6 is 0 Å². The molecule has 40 heavy (non-hydrogen) atoms. The molecule has 0 aliphatic carbocycles. The van der Waals surface area contributed by atoms with E-state index in [0.29, 0.717) is 11.3 Å². The van der Waals surface area contributed by atoms with Crippen LogP contribution in [-0.2, 0) is 10.0 Å². The molecule has 1 N–H and O–H groups in total. The first kappa shape index (κ1) is 29.1. The summed E-state index contributed by atoms with van der Waals surface area (Å²) < 4.78 is 40.3. The lowest BCUT2D eigenvalue weighted by atomic mass is 10.0. The second kappa shape index (κ2) is 12.5. The van der Waals surface area contributed by atoms with Gasteiger partial charge in [0.15, 0.2) is 0 Å². The van der Waals surface area contributed by atoms with Gasteiger partial charge < -0.3 is 19.5 Å². The number of benzene rings is 2. The van der Waals surface area contributed by atoms with E-state index in [1.54, 1.807) is 57.6 Å². The number of ether oxygens (including phenoxy) is 2. The van der Waals surface area contributed by atoms with Gasteiger partial charge in [-0.1, -0.05) is 24.8 Å². The summed E-state index contributed by atoms with van der Waals surface area (Å²) in [5.41, 5.74) is 1.64. The van der Waals surface area contributed by atoms with Crippen LogP contribution in [0, 0.1) is 17.8 Å². The van der Waals surface area contributed by atoms with Gasteiger partial charge in [0.05, 0.1) is 20.3 Å². The van der Waals surface area contributed by atoms with E-state index in [4.69, 9.17) is 9.47 Å². The fraction of sp³-hybridized carbons (Fsp3) is 0.333. The molecule has 2 heterocycles. The van der Waals surface area contributed by atoms with E-state index < -0.39 is 22.2 Å². The van der Waals surface area contributed by atoms with Crippen molar-refractivity contribution in [1.29, 1.82) is 0 Å². The summed E-state index contributed by atoms with van der Waals surface area (Å²) in [7, 11) is -0.740. The Morgan fingerprint density at radius 2 is 1.88 bits per heavy atom. The van der Waals surface area contributed by atoms with Gasteiger partial charge >= 0.3 is 0 Å². The number of pyridine rings is 1. The number of aliphatic hydroxyl groups excluding tert-OH is 1. The topological polar surface area (TPSA) is 109 Å². The predicted molar refractivity (Wildman–Crippen MR) is 151 cm³/mol. The van der Waals surface area contributed by atoms with Crippen molar-refractivity contribution < 1.29 is 27.8 Å². The Balaban J connectivity index is 1.70. The van der Waals surface area contributed by atoms with E-state index in [1.807, 2.05) is 31.2 Å². The molecule has 0 bridgehead atoms. The highest BCUT2D eigenvalue weighted by atomic mass is 32.2. The molecule has 2 aromatic carbocycles. The number of sulfonamides is 1. The Bertz CT molecular complexity index is 1500. The molecule has 0 radical (unpaired) electrons. The highest BCUT2D eigenvalue weighted by Gasteiger charge is 2.38. The van der Waals surface area contributed by atoms with Gasteiger partial charge in [-0.25, -0.2) is 8.42 Å². The summed E-state index contributed by atoms with van der Waals surface area (Å²) in [6.07, 6.45) is 1.00. The number of aromatic nitrogens is 1. The number of nitrogens with zero attached hydrogens (tertiary/aromatic N) is 3. The quantitative estimate of drug-likeness (QED) is 0.459. The summed E-state index contributed by atoms with van der Waals surface area (Å²) >= 11 is 0. The normalized spacial score (nSPS) is 19.0. The third kappa shape index (κ3) is 6.45. The summed E-state index contributed by atoms with van der Waals surface area (Å²) in [6.45, 7) is 3.50. The molecule has 1 aliphatic heterocycles. The second-order valence-corrected chi connectivity index (χ2v) is 11.6. The molecule has 0 unspecified atom stereocenters. The number of fused-ring (bicyclic) bond motifs is 1. The zero-order valence-corrected chi connectivity index (χ0v) is 23.8. The SMILES string of the molecule is COc1ccc(C#Cc2ccc3c(c2)O[C@@H](CN(C)C(=O)c2ccccn2)[C@@H](C)CN([C@@H](C)CO)S3(=O)=O)cc1. The zero-order valence-electron chi connectivity index (χ0n) is 22.9. The van der Waals surface area contributed by atoms with Crippen LogP contribution in [-0.4, -0.2) is 79.6 Å². The van der Waals surface area contributed by atoms with Crippen molar-refractivity contribution in [2.24, 2.45) is 5.92 Å². The van der Waals surface area contributed by atoms with E-state index in [0.717, 1.165) is 11.3 Å². The number of hydrogen-bond donors (Lipinski definition) is 1. The number of likely N-dealkylation sites (N-methyl/N-ethyl adjacent to an activating group) is 1. The molecule has 0 fully saturated rings. The summed E-state index contributed by atoms with van der Waals surface area (Å²) in [5.74, 6) is 6.43. The second-order valence-electron chi connectivity index (χ2n) is 9.78. The van der Waals surface area contributed by atoms with E-state index in [9.17, 15) is 18.3 Å². The molecule has 210 valence electrons. The van der Waals surface area contributed by atoms with Crippen molar-refractivity contribution in [3.05, 3.63) is 83.7 Å². The molecule has 3 atom stereocenters. The van der Waals surface area contributed by atoms with Crippen LogP contribution in [0.3, 0.4) is 0 Å². The summed E-state index contributed by atoms with van der Waals surface area (Å²) in [4.78, 5) is 18.7. The van der Waals surface area contributed by atoms with Gasteiger partial charge in [-0.3, -0.25) is 9.78 Å². The van der Waals surface area contributed by atoms with Gasteiger partial charge in [-0.15, -0.1) is 0 Å².